The molecule has 0 atom stereocenters. The molecule has 0 unspecified atom stereocenters. The minimum absolute atomic E-state index is 0.0366. The maximum Gasteiger partial charge on any atom is 0.341 e. The molecule has 144 valence electrons. The Hall–Kier alpha value is -2.59. The van der Waals surface area contributed by atoms with E-state index in [0.29, 0.717) is 27.0 Å². The number of rotatable bonds is 9. The third-order valence-corrected chi connectivity index (χ3v) is 4.86. The number of nitrogens with zero attached hydrogens (tertiary/aromatic N) is 1. The minimum atomic E-state index is -1.10. The van der Waals surface area contributed by atoms with Gasteiger partial charge < -0.3 is 19.7 Å². The third-order valence-electron chi connectivity index (χ3n) is 3.48. The minimum Gasteiger partial charge on any atom is -0.493 e. The molecular weight excluding hydrogens is 394 g/mol. The molecule has 0 aliphatic carbocycles. The van der Waals surface area contributed by atoms with Gasteiger partial charge in [0.25, 0.3) is 5.91 Å². The molecule has 1 heterocycles. The first-order valence-electron chi connectivity index (χ1n) is 7.81. The molecule has 1 aromatic carbocycles. The molecule has 1 saturated heterocycles. The van der Waals surface area contributed by atoms with E-state index in [4.69, 9.17) is 31.9 Å². The monoisotopic (exact) mass is 411 g/mol. The highest BCUT2D eigenvalue weighted by molar-refractivity contribution is 8.26. The van der Waals surface area contributed by atoms with Gasteiger partial charge in [-0.25, -0.2) is 4.79 Å². The van der Waals surface area contributed by atoms with Gasteiger partial charge in [-0.3, -0.25) is 14.5 Å². The van der Waals surface area contributed by atoms with Crippen molar-refractivity contribution in [2.45, 2.75) is 12.8 Å². The summed E-state index contributed by atoms with van der Waals surface area (Å²) in [5.74, 6) is -1.69. The predicted molar refractivity (Wildman–Crippen MR) is 103 cm³/mol. The highest BCUT2D eigenvalue weighted by Gasteiger charge is 2.31. The van der Waals surface area contributed by atoms with Gasteiger partial charge in [0.1, 0.15) is 4.32 Å². The number of methoxy groups -OCH3 is 1. The Morgan fingerprint density at radius 2 is 2.00 bits per heavy atom. The largest absolute Gasteiger partial charge is 0.493 e. The molecule has 1 aliphatic rings. The number of carbonyl (C=O) groups excluding carboxylic acids is 1. The Morgan fingerprint density at radius 3 is 2.63 bits per heavy atom. The lowest BCUT2D eigenvalue weighted by Crippen LogP contribution is -2.29. The molecule has 0 saturated carbocycles. The van der Waals surface area contributed by atoms with Gasteiger partial charge in [0.05, 0.1) is 12.0 Å². The maximum absolute atomic E-state index is 12.5. The summed E-state index contributed by atoms with van der Waals surface area (Å²) in [5.41, 5.74) is 0.653. The predicted octanol–water partition coefficient (Wildman–Crippen LogP) is 2.22. The summed E-state index contributed by atoms with van der Waals surface area (Å²) < 4.78 is 10.7. The molecule has 1 amide bonds. The Morgan fingerprint density at radius 1 is 1.26 bits per heavy atom. The zero-order chi connectivity index (χ0) is 20.0. The normalized spacial score (nSPS) is 15.3. The van der Waals surface area contributed by atoms with Gasteiger partial charge in [0.2, 0.25) is 0 Å². The lowest BCUT2D eigenvalue weighted by Gasteiger charge is -2.13. The number of thiocarbonyl (C=S) groups is 1. The van der Waals surface area contributed by atoms with Gasteiger partial charge in [-0.15, -0.1) is 0 Å². The third kappa shape index (κ3) is 5.69. The standard InChI is InChI=1S/C17H17NO7S2/c1-24-12-7-10(4-5-11(12)25-9-15(21)22)8-13-16(23)18(17(26)27-13)6-2-3-14(19)20/h4-5,7-8H,2-3,6,9H2,1H3,(H,19,20)(H,21,22)/b13-8-. The fourth-order valence-corrected chi connectivity index (χ4v) is 3.57. The highest BCUT2D eigenvalue weighted by Crippen LogP contribution is 2.34. The number of ether oxygens (including phenoxy) is 2. The van der Waals surface area contributed by atoms with Gasteiger partial charge in [-0.1, -0.05) is 30.0 Å². The van der Waals surface area contributed by atoms with Crippen LogP contribution in [0.2, 0.25) is 0 Å². The van der Waals surface area contributed by atoms with Crippen LogP contribution in [-0.2, 0) is 14.4 Å². The Labute approximate surface area is 164 Å². The van der Waals surface area contributed by atoms with Crippen LogP contribution in [0.25, 0.3) is 6.08 Å². The summed E-state index contributed by atoms with van der Waals surface area (Å²) in [6.45, 7) is -0.246. The van der Waals surface area contributed by atoms with Crippen molar-refractivity contribution >= 4 is 52.2 Å². The van der Waals surface area contributed by atoms with E-state index in [1.54, 1.807) is 24.3 Å². The first kappa shape index (κ1) is 20.7. The van der Waals surface area contributed by atoms with E-state index in [1.165, 1.54) is 12.0 Å². The van der Waals surface area contributed by atoms with Crippen LogP contribution in [0.4, 0.5) is 0 Å². The van der Waals surface area contributed by atoms with E-state index in [-0.39, 0.29) is 24.6 Å². The summed E-state index contributed by atoms with van der Waals surface area (Å²) in [6, 6.07) is 4.84. The van der Waals surface area contributed by atoms with Crippen molar-refractivity contribution in [1.29, 1.82) is 0 Å². The van der Waals surface area contributed by atoms with Crippen LogP contribution in [0, 0.1) is 0 Å². The summed E-state index contributed by atoms with van der Waals surface area (Å²) in [4.78, 5) is 35.5. The van der Waals surface area contributed by atoms with E-state index in [1.807, 2.05) is 0 Å². The van der Waals surface area contributed by atoms with Crippen molar-refractivity contribution < 1.29 is 34.1 Å². The first-order chi connectivity index (χ1) is 12.8. The van der Waals surface area contributed by atoms with Crippen molar-refractivity contribution in [3.63, 3.8) is 0 Å². The molecule has 0 bridgehead atoms. The first-order valence-corrected chi connectivity index (χ1v) is 9.04. The van der Waals surface area contributed by atoms with Crippen molar-refractivity contribution in [1.82, 2.24) is 4.90 Å². The second-order valence-electron chi connectivity index (χ2n) is 5.42. The zero-order valence-corrected chi connectivity index (χ0v) is 16.0. The number of benzene rings is 1. The van der Waals surface area contributed by atoms with Gasteiger partial charge in [0.15, 0.2) is 18.1 Å². The van der Waals surface area contributed by atoms with E-state index < -0.39 is 18.5 Å². The zero-order valence-electron chi connectivity index (χ0n) is 14.3. The average molecular weight is 411 g/mol. The summed E-state index contributed by atoms with van der Waals surface area (Å²) >= 11 is 6.34. The molecule has 10 heteroatoms. The molecule has 1 aliphatic heterocycles. The molecule has 0 spiro atoms. The van der Waals surface area contributed by atoms with E-state index in [2.05, 4.69) is 0 Å². The van der Waals surface area contributed by atoms with E-state index in [9.17, 15) is 14.4 Å². The van der Waals surface area contributed by atoms with Crippen LogP contribution < -0.4 is 9.47 Å². The van der Waals surface area contributed by atoms with Crippen molar-refractivity contribution in [2.75, 3.05) is 20.3 Å². The Bertz CT molecular complexity index is 806. The number of thioether (sulfide) groups is 1. The maximum atomic E-state index is 12.5. The molecule has 0 aromatic heterocycles. The van der Waals surface area contributed by atoms with Crippen LogP contribution in [0.5, 0.6) is 11.5 Å². The SMILES string of the molecule is COc1cc(/C=C2\SC(=S)N(CCCC(=O)O)C2=O)ccc1OCC(=O)O. The molecule has 8 nitrogen and oxygen atoms in total. The second kappa shape index (κ2) is 9.38. The Kier molecular flexibility index (Phi) is 7.19. The van der Waals surface area contributed by atoms with Gasteiger partial charge in [-0.2, -0.15) is 0 Å². The molecule has 1 aromatic rings. The van der Waals surface area contributed by atoms with Crippen molar-refractivity contribution in [3.8, 4) is 11.5 Å². The van der Waals surface area contributed by atoms with Gasteiger partial charge in [0, 0.05) is 13.0 Å². The molecule has 27 heavy (non-hydrogen) atoms. The van der Waals surface area contributed by atoms with Crippen molar-refractivity contribution in [2.24, 2.45) is 0 Å². The smallest absolute Gasteiger partial charge is 0.341 e. The lowest BCUT2D eigenvalue weighted by molar-refractivity contribution is -0.139. The molecule has 1 fully saturated rings. The van der Waals surface area contributed by atoms with E-state index in [0.717, 1.165) is 11.8 Å². The van der Waals surface area contributed by atoms with Gasteiger partial charge >= 0.3 is 11.9 Å². The van der Waals surface area contributed by atoms with Gasteiger partial charge in [-0.05, 0) is 30.2 Å². The molecule has 2 N–H and O–H groups in total. The van der Waals surface area contributed by atoms with Crippen molar-refractivity contribution in [3.05, 3.63) is 28.7 Å². The number of hydrogen-bond acceptors (Lipinski definition) is 7. The molecular formula is C17H17NO7S2. The second-order valence-corrected chi connectivity index (χ2v) is 7.10. The number of carboxylic acids is 2. The fourth-order valence-electron chi connectivity index (χ4n) is 2.27. The van der Waals surface area contributed by atoms with Crippen LogP contribution in [-0.4, -0.2) is 57.5 Å². The molecule has 0 radical (unpaired) electrons. The van der Waals surface area contributed by atoms with E-state index >= 15 is 0 Å². The highest BCUT2D eigenvalue weighted by atomic mass is 32.2. The summed E-state index contributed by atoms with van der Waals surface area (Å²) in [5, 5.41) is 17.4. The topological polar surface area (TPSA) is 113 Å². The van der Waals surface area contributed by atoms with Crippen LogP contribution in [0.15, 0.2) is 23.1 Å². The Balaban J connectivity index is 2.13. The lowest BCUT2D eigenvalue weighted by atomic mass is 10.2. The number of hydrogen-bond donors (Lipinski definition) is 2. The summed E-state index contributed by atoms with van der Waals surface area (Å²) in [6.07, 6.45) is 1.92. The van der Waals surface area contributed by atoms with Crippen LogP contribution in [0.3, 0.4) is 0 Å². The number of amides is 1. The average Bonchev–Trinajstić information content (AvgIpc) is 2.87. The summed E-state index contributed by atoms with van der Waals surface area (Å²) in [7, 11) is 1.43. The molecule has 2 rings (SSSR count). The number of carbonyl (C=O) groups is 3. The fraction of sp³-hybridized carbons (Fsp3) is 0.294. The number of carboxylic acid groups (broad SMARTS) is 2. The quantitative estimate of drug-likeness (QED) is 0.466. The number of aliphatic carboxylic acids is 2. The van der Waals surface area contributed by atoms with Crippen LogP contribution in [0.1, 0.15) is 18.4 Å². The van der Waals surface area contributed by atoms with Crippen LogP contribution >= 0.6 is 24.0 Å².